The number of ketones is 1. The maximum absolute atomic E-state index is 13.1. The topological polar surface area (TPSA) is 49.7 Å². The fourth-order valence-electron chi connectivity index (χ4n) is 4.16. The minimum absolute atomic E-state index is 0.0109. The van der Waals surface area contributed by atoms with E-state index in [0.29, 0.717) is 30.5 Å². The highest BCUT2D eigenvalue weighted by atomic mass is 16.3. The van der Waals surface area contributed by atoms with E-state index in [1.54, 1.807) is 0 Å². The first kappa shape index (κ1) is 20.1. The number of aliphatic hydroxyl groups is 1. The molecule has 0 aliphatic heterocycles. The van der Waals surface area contributed by atoms with Crippen molar-refractivity contribution >= 4 is 28.0 Å². The molecule has 0 bridgehead atoms. The van der Waals surface area contributed by atoms with Crippen LogP contribution in [0.15, 0.2) is 89.1 Å². The number of Topliss-reactive ketones (excluding diaryl/α,β-unsaturated/α-hetero) is 1. The van der Waals surface area contributed by atoms with Gasteiger partial charge in [0.2, 0.25) is 0 Å². The summed E-state index contributed by atoms with van der Waals surface area (Å²) in [7, 11) is 0. The number of aliphatic hydroxyl groups excluding tert-OH is 1. The Kier molecular flexibility index (Phi) is 6.08. The standard InChI is InChI=1S/C27H27NO2/c1-2-3-13-25(29)27-24(17-22(18-26(27)30)19-9-5-4-6-10-19)28-23-15-14-20-11-7-8-12-21(20)16-23/h4-12,14-16,22,29H,2-3,13,17-18H2,1H3/t22-/m1/s1. The highest BCUT2D eigenvalue weighted by molar-refractivity contribution is 6.25. The Hall–Kier alpha value is -3.20. The molecule has 1 aliphatic carbocycles. The molecule has 3 nitrogen and oxygen atoms in total. The molecular weight excluding hydrogens is 370 g/mol. The van der Waals surface area contributed by atoms with E-state index in [-0.39, 0.29) is 17.5 Å². The predicted molar refractivity (Wildman–Crippen MR) is 124 cm³/mol. The predicted octanol–water partition coefficient (Wildman–Crippen LogP) is 7.06. The van der Waals surface area contributed by atoms with Crippen LogP contribution in [0.1, 0.15) is 50.5 Å². The summed E-state index contributed by atoms with van der Waals surface area (Å²) < 4.78 is 0. The summed E-state index contributed by atoms with van der Waals surface area (Å²) in [5, 5.41) is 13.0. The molecule has 0 spiro atoms. The summed E-state index contributed by atoms with van der Waals surface area (Å²) >= 11 is 0. The van der Waals surface area contributed by atoms with E-state index in [9.17, 15) is 9.90 Å². The first-order chi connectivity index (χ1) is 14.7. The van der Waals surface area contributed by atoms with Gasteiger partial charge in [0.05, 0.1) is 17.0 Å². The smallest absolute Gasteiger partial charge is 0.168 e. The second kappa shape index (κ2) is 9.08. The van der Waals surface area contributed by atoms with Crippen LogP contribution in [0, 0.1) is 0 Å². The third-order valence-electron chi connectivity index (χ3n) is 5.76. The lowest BCUT2D eigenvalue weighted by Gasteiger charge is -2.26. The summed E-state index contributed by atoms with van der Waals surface area (Å²) in [6.45, 7) is 2.08. The molecule has 0 radical (unpaired) electrons. The van der Waals surface area contributed by atoms with Gasteiger partial charge in [-0.15, -0.1) is 0 Å². The molecule has 1 saturated carbocycles. The van der Waals surface area contributed by atoms with Gasteiger partial charge in [-0.1, -0.05) is 74.0 Å². The summed E-state index contributed by atoms with van der Waals surface area (Å²) in [4.78, 5) is 18.0. The van der Waals surface area contributed by atoms with Gasteiger partial charge in [-0.2, -0.15) is 0 Å². The van der Waals surface area contributed by atoms with E-state index in [0.717, 1.165) is 34.9 Å². The Morgan fingerprint density at radius 1 is 0.967 bits per heavy atom. The van der Waals surface area contributed by atoms with Gasteiger partial charge in [0.15, 0.2) is 5.78 Å². The number of allylic oxidation sites excluding steroid dienone is 2. The maximum Gasteiger partial charge on any atom is 0.168 e. The maximum atomic E-state index is 13.1. The van der Waals surface area contributed by atoms with E-state index in [2.05, 4.69) is 31.2 Å². The molecule has 1 aliphatic rings. The van der Waals surface area contributed by atoms with Gasteiger partial charge in [0.1, 0.15) is 5.76 Å². The minimum atomic E-state index is -0.0109. The average Bonchev–Trinajstić information content (AvgIpc) is 2.77. The third kappa shape index (κ3) is 4.35. The van der Waals surface area contributed by atoms with Crippen molar-refractivity contribution in [3.8, 4) is 0 Å². The number of carbonyl (C=O) groups is 1. The van der Waals surface area contributed by atoms with Gasteiger partial charge < -0.3 is 5.11 Å². The van der Waals surface area contributed by atoms with Crippen LogP contribution in [-0.4, -0.2) is 16.6 Å². The second-order valence-electron chi connectivity index (χ2n) is 7.95. The van der Waals surface area contributed by atoms with E-state index >= 15 is 0 Å². The first-order valence-corrected chi connectivity index (χ1v) is 10.7. The van der Waals surface area contributed by atoms with E-state index in [4.69, 9.17) is 4.99 Å². The number of benzene rings is 3. The molecule has 0 saturated heterocycles. The van der Waals surface area contributed by atoms with Gasteiger partial charge in [-0.05, 0) is 47.2 Å². The molecule has 1 fully saturated rings. The van der Waals surface area contributed by atoms with Gasteiger partial charge in [-0.25, -0.2) is 0 Å². The normalized spacial score (nSPS) is 20.0. The molecule has 3 aromatic rings. The summed E-state index contributed by atoms with van der Waals surface area (Å²) in [6.07, 6.45) is 3.40. The molecule has 1 N–H and O–H groups in total. The van der Waals surface area contributed by atoms with Crippen LogP contribution in [-0.2, 0) is 4.79 Å². The molecule has 0 heterocycles. The molecule has 3 heteroatoms. The zero-order valence-electron chi connectivity index (χ0n) is 17.3. The zero-order valence-corrected chi connectivity index (χ0v) is 17.3. The van der Waals surface area contributed by atoms with Crippen molar-refractivity contribution < 1.29 is 9.90 Å². The molecular formula is C27H27NO2. The van der Waals surface area contributed by atoms with Crippen molar-refractivity contribution in [2.24, 2.45) is 4.99 Å². The average molecular weight is 398 g/mol. The SMILES string of the molecule is CCCCC(O)=C1C(=O)C[C@H](c2ccccc2)CC1=Nc1ccc2ccccc2c1. The number of nitrogens with zero attached hydrogens (tertiary/aromatic N) is 1. The van der Waals surface area contributed by atoms with Gasteiger partial charge in [-0.3, -0.25) is 9.79 Å². The quantitative estimate of drug-likeness (QED) is 0.370. The largest absolute Gasteiger partial charge is 0.511 e. The van der Waals surface area contributed by atoms with Crippen molar-refractivity contribution in [1.82, 2.24) is 0 Å². The van der Waals surface area contributed by atoms with Crippen molar-refractivity contribution in [1.29, 1.82) is 0 Å². The molecule has 30 heavy (non-hydrogen) atoms. The molecule has 152 valence electrons. The Bertz CT molecular complexity index is 1110. The van der Waals surface area contributed by atoms with Crippen LogP contribution >= 0.6 is 0 Å². The van der Waals surface area contributed by atoms with Crippen molar-refractivity contribution in [3.05, 3.63) is 89.7 Å². The lowest BCUT2D eigenvalue weighted by molar-refractivity contribution is -0.115. The highest BCUT2D eigenvalue weighted by Crippen LogP contribution is 2.35. The number of fused-ring (bicyclic) bond motifs is 1. The summed E-state index contributed by atoms with van der Waals surface area (Å²) in [5.41, 5.74) is 3.09. The zero-order chi connectivity index (χ0) is 20.9. The van der Waals surface area contributed by atoms with Crippen LogP contribution in [0.25, 0.3) is 10.8 Å². The van der Waals surface area contributed by atoms with Crippen LogP contribution in [0.4, 0.5) is 5.69 Å². The van der Waals surface area contributed by atoms with Crippen molar-refractivity contribution in [2.45, 2.75) is 44.9 Å². The van der Waals surface area contributed by atoms with Crippen LogP contribution in [0.5, 0.6) is 0 Å². The van der Waals surface area contributed by atoms with Crippen molar-refractivity contribution in [2.75, 3.05) is 0 Å². The Morgan fingerprint density at radius 3 is 2.47 bits per heavy atom. The number of aliphatic imine (C=N–C) groups is 1. The van der Waals surface area contributed by atoms with Crippen molar-refractivity contribution in [3.63, 3.8) is 0 Å². The lowest BCUT2D eigenvalue weighted by atomic mass is 9.78. The highest BCUT2D eigenvalue weighted by Gasteiger charge is 2.32. The van der Waals surface area contributed by atoms with E-state index in [1.165, 1.54) is 0 Å². The molecule has 3 aromatic carbocycles. The molecule has 1 atom stereocenters. The molecule has 4 rings (SSSR count). The monoisotopic (exact) mass is 397 g/mol. The summed E-state index contributed by atoms with van der Waals surface area (Å²) in [5.74, 6) is 0.261. The second-order valence-corrected chi connectivity index (χ2v) is 7.95. The van der Waals surface area contributed by atoms with Crippen LogP contribution in [0.2, 0.25) is 0 Å². The minimum Gasteiger partial charge on any atom is -0.511 e. The van der Waals surface area contributed by atoms with Gasteiger partial charge >= 0.3 is 0 Å². The summed E-state index contributed by atoms with van der Waals surface area (Å²) in [6, 6.07) is 24.4. The Balaban J connectivity index is 1.76. The molecule has 0 aromatic heterocycles. The van der Waals surface area contributed by atoms with E-state index in [1.807, 2.05) is 48.5 Å². The Morgan fingerprint density at radius 2 is 1.70 bits per heavy atom. The number of hydrogen-bond acceptors (Lipinski definition) is 3. The lowest BCUT2D eigenvalue weighted by Crippen LogP contribution is -2.26. The molecule has 0 amide bonds. The third-order valence-corrected chi connectivity index (χ3v) is 5.76. The first-order valence-electron chi connectivity index (χ1n) is 10.7. The van der Waals surface area contributed by atoms with E-state index < -0.39 is 0 Å². The fourth-order valence-corrected chi connectivity index (χ4v) is 4.16. The number of carbonyl (C=O) groups excluding carboxylic acids is 1. The number of unbranched alkanes of at least 4 members (excludes halogenated alkanes) is 1. The van der Waals surface area contributed by atoms with Crippen LogP contribution in [0.3, 0.4) is 0 Å². The fraction of sp³-hybridized carbons (Fsp3) is 0.259. The van der Waals surface area contributed by atoms with Gasteiger partial charge in [0.25, 0.3) is 0 Å². The van der Waals surface area contributed by atoms with Gasteiger partial charge in [0, 0.05) is 12.8 Å². The number of hydrogen-bond donors (Lipinski definition) is 1. The van der Waals surface area contributed by atoms with Crippen LogP contribution < -0.4 is 0 Å². The Labute approximate surface area is 177 Å². The molecule has 0 unspecified atom stereocenters. The number of rotatable bonds is 5.